The van der Waals surface area contributed by atoms with E-state index in [1.54, 1.807) is 4.90 Å². The molecule has 0 bridgehead atoms. The summed E-state index contributed by atoms with van der Waals surface area (Å²) in [4.78, 5) is 29.2. The molecule has 27 heavy (non-hydrogen) atoms. The highest BCUT2D eigenvalue weighted by Gasteiger charge is 2.35. The molecule has 1 saturated carbocycles. The minimum Gasteiger partial charge on any atom is -0.368 e. The van der Waals surface area contributed by atoms with Gasteiger partial charge in [0.1, 0.15) is 0 Å². The van der Waals surface area contributed by atoms with E-state index in [0.29, 0.717) is 19.0 Å². The second-order valence-corrected chi connectivity index (χ2v) is 7.31. The van der Waals surface area contributed by atoms with E-state index in [9.17, 15) is 9.59 Å². The average molecular weight is 363 g/mol. The molecule has 1 atom stereocenters. The summed E-state index contributed by atoms with van der Waals surface area (Å²) in [6, 6.07) is 20.1. The van der Waals surface area contributed by atoms with Gasteiger partial charge in [-0.25, -0.2) is 0 Å². The van der Waals surface area contributed by atoms with Crippen molar-refractivity contribution in [3.05, 3.63) is 66.2 Å². The number of hydrogen-bond acceptors (Lipinski definition) is 3. The van der Waals surface area contributed by atoms with Crippen molar-refractivity contribution >= 4 is 17.5 Å². The van der Waals surface area contributed by atoms with Gasteiger partial charge in [-0.05, 0) is 36.5 Å². The first-order valence-corrected chi connectivity index (χ1v) is 9.67. The Morgan fingerprint density at radius 3 is 2.04 bits per heavy atom. The molecule has 5 heteroatoms. The summed E-state index contributed by atoms with van der Waals surface area (Å²) in [5, 5.41) is 2.99. The largest absolute Gasteiger partial charge is 0.368 e. The second kappa shape index (κ2) is 7.82. The summed E-state index contributed by atoms with van der Waals surface area (Å²) in [6.07, 6.45) is 2.20. The molecule has 0 unspecified atom stereocenters. The maximum absolute atomic E-state index is 12.6. The standard InChI is InChI=1S/C22H25N3O2/c26-21(23-20(18-11-12-18)17-7-3-1-4-8-17)22(27)25-15-13-24(14-16-25)19-9-5-2-6-10-19/h1-10,18,20H,11-16H2,(H,23,26)/t20-/m0/s1. The number of amides is 2. The maximum atomic E-state index is 12.6. The molecule has 0 radical (unpaired) electrons. The zero-order valence-corrected chi connectivity index (χ0v) is 15.4. The molecule has 1 saturated heterocycles. The molecule has 1 aliphatic carbocycles. The normalized spacial score (nSPS) is 18.1. The topological polar surface area (TPSA) is 52.7 Å². The number of carbonyl (C=O) groups excluding carboxylic acids is 2. The summed E-state index contributed by atoms with van der Waals surface area (Å²) in [7, 11) is 0. The van der Waals surface area contributed by atoms with Crippen LogP contribution in [0.25, 0.3) is 0 Å². The van der Waals surface area contributed by atoms with Gasteiger partial charge in [-0.3, -0.25) is 9.59 Å². The van der Waals surface area contributed by atoms with Crippen molar-refractivity contribution in [3.63, 3.8) is 0 Å². The molecular formula is C22H25N3O2. The van der Waals surface area contributed by atoms with Gasteiger partial charge in [0, 0.05) is 31.9 Å². The SMILES string of the molecule is O=C(N[C@@H](c1ccccc1)C1CC1)C(=O)N1CCN(c2ccccc2)CC1. The molecule has 2 fully saturated rings. The van der Waals surface area contributed by atoms with Crippen LogP contribution in [-0.4, -0.2) is 42.9 Å². The Labute approximate surface area is 160 Å². The first-order chi connectivity index (χ1) is 13.2. The molecule has 0 aromatic heterocycles. The molecule has 2 amide bonds. The zero-order chi connectivity index (χ0) is 18.6. The highest BCUT2D eigenvalue weighted by molar-refractivity contribution is 6.35. The molecule has 1 aliphatic heterocycles. The fourth-order valence-corrected chi connectivity index (χ4v) is 3.72. The van der Waals surface area contributed by atoms with Gasteiger partial charge in [-0.1, -0.05) is 48.5 Å². The predicted octanol–water partition coefficient (Wildman–Crippen LogP) is 2.60. The Hall–Kier alpha value is -2.82. The first kappa shape index (κ1) is 17.6. The summed E-state index contributed by atoms with van der Waals surface area (Å²) in [6.45, 7) is 2.63. The molecule has 140 valence electrons. The van der Waals surface area contributed by atoms with Gasteiger partial charge in [0.05, 0.1) is 6.04 Å². The van der Waals surface area contributed by atoms with E-state index in [4.69, 9.17) is 0 Å². The van der Waals surface area contributed by atoms with E-state index in [1.165, 1.54) is 0 Å². The Morgan fingerprint density at radius 1 is 0.852 bits per heavy atom. The molecule has 1 N–H and O–H groups in total. The van der Waals surface area contributed by atoms with Gasteiger partial charge in [-0.15, -0.1) is 0 Å². The highest BCUT2D eigenvalue weighted by atomic mass is 16.2. The van der Waals surface area contributed by atoms with Crippen LogP contribution in [0.15, 0.2) is 60.7 Å². The van der Waals surface area contributed by atoms with E-state index < -0.39 is 11.8 Å². The van der Waals surface area contributed by atoms with Crippen molar-refractivity contribution in [1.82, 2.24) is 10.2 Å². The van der Waals surface area contributed by atoms with E-state index in [-0.39, 0.29) is 6.04 Å². The minimum atomic E-state index is -0.482. The van der Waals surface area contributed by atoms with Crippen molar-refractivity contribution in [3.8, 4) is 0 Å². The third kappa shape index (κ3) is 4.13. The molecular weight excluding hydrogens is 338 g/mol. The van der Waals surface area contributed by atoms with E-state index >= 15 is 0 Å². The van der Waals surface area contributed by atoms with Crippen molar-refractivity contribution < 1.29 is 9.59 Å². The number of nitrogens with one attached hydrogen (secondary N) is 1. The minimum absolute atomic E-state index is 0.0618. The third-order valence-electron chi connectivity index (χ3n) is 5.42. The van der Waals surface area contributed by atoms with Crippen molar-refractivity contribution in [2.24, 2.45) is 5.92 Å². The lowest BCUT2D eigenvalue weighted by molar-refractivity contribution is -0.146. The van der Waals surface area contributed by atoms with Crippen molar-refractivity contribution in [2.75, 3.05) is 31.1 Å². The fraction of sp³-hybridized carbons (Fsp3) is 0.364. The first-order valence-electron chi connectivity index (χ1n) is 9.67. The lowest BCUT2D eigenvalue weighted by Crippen LogP contribution is -2.53. The van der Waals surface area contributed by atoms with Crippen LogP contribution in [0.1, 0.15) is 24.4 Å². The molecule has 5 nitrogen and oxygen atoms in total. The highest BCUT2D eigenvalue weighted by Crippen LogP contribution is 2.40. The Bertz CT molecular complexity index is 782. The lowest BCUT2D eigenvalue weighted by Gasteiger charge is -2.36. The molecule has 2 aliphatic rings. The number of benzene rings is 2. The molecule has 2 aromatic carbocycles. The van der Waals surface area contributed by atoms with E-state index in [0.717, 1.165) is 37.2 Å². The van der Waals surface area contributed by atoms with Gasteiger partial charge >= 0.3 is 11.8 Å². The summed E-state index contributed by atoms with van der Waals surface area (Å²) >= 11 is 0. The van der Waals surface area contributed by atoms with Crippen LogP contribution in [0, 0.1) is 5.92 Å². The monoisotopic (exact) mass is 363 g/mol. The zero-order valence-electron chi connectivity index (χ0n) is 15.4. The van der Waals surface area contributed by atoms with Crippen LogP contribution < -0.4 is 10.2 Å². The predicted molar refractivity (Wildman–Crippen MR) is 105 cm³/mol. The van der Waals surface area contributed by atoms with Gasteiger partial charge in [0.15, 0.2) is 0 Å². The molecule has 4 rings (SSSR count). The van der Waals surface area contributed by atoms with Gasteiger partial charge in [0.2, 0.25) is 0 Å². The van der Waals surface area contributed by atoms with Crippen molar-refractivity contribution in [1.29, 1.82) is 0 Å². The van der Waals surface area contributed by atoms with E-state index in [1.807, 2.05) is 48.5 Å². The van der Waals surface area contributed by atoms with Crippen molar-refractivity contribution in [2.45, 2.75) is 18.9 Å². The van der Waals surface area contributed by atoms with Gasteiger partial charge in [-0.2, -0.15) is 0 Å². The molecule has 1 heterocycles. The van der Waals surface area contributed by atoms with Crippen LogP contribution in [0.4, 0.5) is 5.69 Å². The molecule has 0 spiro atoms. The van der Waals surface area contributed by atoms with Crippen LogP contribution in [0.5, 0.6) is 0 Å². The number of anilines is 1. The van der Waals surface area contributed by atoms with Crippen LogP contribution >= 0.6 is 0 Å². The Balaban J connectivity index is 1.35. The number of nitrogens with zero attached hydrogens (tertiary/aromatic N) is 2. The van der Waals surface area contributed by atoms with Crippen LogP contribution in [0.2, 0.25) is 0 Å². The lowest BCUT2D eigenvalue weighted by atomic mass is 10.0. The molecule has 2 aromatic rings. The smallest absolute Gasteiger partial charge is 0.312 e. The fourth-order valence-electron chi connectivity index (χ4n) is 3.72. The Kier molecular flexibility index (Phi) is 5.10. The summed E-state index contributed by atoms with van der Waals surface area (Å²) in [5.74, 6) is -0.452. The average Bonchev–Trinajstić information content (AvgIpc) is 3.58. The number of para-hydroxylation sites is 1. The summed E-state index contributed by atoms with van der Waals surface area (Å²) < 4.78 is 0. The van der Waals surface area contributed by atoms with Gasteiger partial charge in [0.25, 0.3) is 0 Å². The number of piperazine rings is 1. The summed E-state index contributed by atoms with van der Waals surface area (Å²) in [5.41, 5.74) is 2.24. The Morgan fingerprint density at radius 2 is 1.44 bits per heavy atom. The van der Waals surface area contributed by atoms with Crippen LogP contribution in [-0.2, 0) is 9.59 Å². The van der Waals surface area contributed by atoms with Crippen LogP contribution in [0.3, 0.4) is 0 Å². The second-order valence-electron chi connectivity index (χ2n) is 7.31. The third-order valence-corrected chi connectivity index (χ3v) is 5.42. The maximum Gasteiger partial charge on any atom is 0.312 e. The van der Waals surface area contributed by atoms with Gasteiger partial charge < -0.3 is 15.1 Å². The van der Waals surface area contributed by atoms with E-state index in [2.05, 4.69) is 22.3 Å². The quantitative estimate of drug-likeness (QED) is 0.850. The number of rotatable bonds is 4. The number of carbonyl (C=O) groups is 2. The number of hydrogen-bond donors (Lipinski definition) is 1.